The second-order valence-corrected chi connectivity index (χ2v) is 12.0. The van der Waals surface area contributed by atoms with Gasteiger partial charge in [-0.05, 0) is 51.8 Å². The Balaban J connectivity index is 2.09. The molecule has 0 radical (unpaired) electrons. The van der Waals surface area contributed by atoms with Gasteiger partial charge < -0.3 is 14.5 Å². The summed E-state index contributed by atoms with van der Waals surface area (Å²) in [7, 11) is -1.14. The second-order valence-electron chi connectivity index (χ2n) is 9.66. The van der Waals surface area contributed by atoms with Crippen LogP contribution >= 0.6 is 0 Å². The molecule has 0 bridgehead atoms. The van der Waals surface area contributed by atoms with E-state index in [1.165, 1.54) is 0 Å². The molecule has 152 valence electrons. The predicted molar refractivity (Wildman–Crippen MR) is 113 cm³/mol. The van der Waals surface area contributed by atoms with Crippen LogP contribution in [0.25, 0.3) is 0 Å². The molecule has 2 rings (SSSR count). The van der Waals surface area contributed by atoms with Crippen LogP contribution in [0.1, 0.15) is 47.2 Å². The first-order valence-corrected chi connectivity index (χ1v) is 12.5. The highest BCUT2D eigenvalue weighted by Gasteiger charge is 2.36. The number of nitrogens with one attached hydrogen (secondary N) is 2. The summed E-state index contributed by atoms with van der Waals surface area (Å²) in [6.07, 6.45) is 2.29. The first-order valence-electron chi connectivity index (χ1n) is 9.73. The molecule has 2 heterocycles. The number of amides is 1. The maximum atomic E-state index is 12.0. The van der Waals surface area contributed by atoms with Gasteiger partial charge in [-0.25, -0.2) is 4.79 Å². The van der Waals surface area contributed by atoms with E-state index in [4.69, 9.17) is 9.16 Å². The van der Waals surface area contributed by atoms with Gasteiger partial charge in [-0.1, -0.05) is 20.8 Å². The van der Waals surface area contributed by atoms with Crippen molar-refractivity contribution in [1.29, 1.82) is 0 Å². The zero-order valence-corrected chi connectivity index (χ0v) is 19.1. The number of pyridine rings is 1. The summed E-state index contributed by atoms with van der Waals surface area (Å²) >= 11 is 0. The molecular weight excluding hydrogens is 358 g/mol. The van der Waals surface area contributed by atoms with Gasteiger partial charge in [-0.15, -0.1) is 0 Å². The third kappa shape index (κ3) is 6.50. The number of fused-ring (bicyclic) bond motifs is 1. The van der Waals surface area contributed by atoms with Crippen molar-refractivity contribution in [2.45, 2.75) is 72.8 Å². The van der Waals surface area contributed by atoms with Crippen molar-refractivity contribution in [2.24, 2.45) is 11.3 Å². The van der Waals surface area contributed by atoms with Crippen LogP contribution in [0.4, 0.5) is 16.2 Å². The lowest BCUT2D eigenvalue weighted by molar-refractivity contribution is 0.0360. The van der Waals surface area contributed by atoms with Crippen molar-refractivity contribution < 1.29 is 14.0 Å². The SMILES string of the molecule is C[SiH](C)OC(C1CNc2cc(NC(=O)OC(C)(C)C)cnc2C1)C(C)(C)C. The Morgan fingerprint density at radius 3 is 2.52 bits per heavy atom. The monoisotopic (exact) mass is 393 g/mol. The number of anilines is 2. The summed E-state index contributed by atoms with van der Waals surface area (Å²) < 4.78 is 11.7. The number of nitrogens with zero attached hydrogens (tertiary/aromatic N) is 1. The van der Waals surface area contributed by atoms with E-state index in [0.29, 0.717) is 11.6 Å². The van der Waals surface area contributed by atoms with Gasteiger partial charge in [0.15, 0.2) is 9.04 Å². The molecule has 0 saturated carbocycles. The van der Waals surface area contributed by atoms with Crippen LogP contribution in [0.15, 0.2) is 12.3 Å². The minimum absolute atomic E-state index is 0.0827. The summed E-state index contributed by atoms with van der Waals surface area (Å²) in [5, 5.41) is 6.23. The van der Waals surface area contributed by atoms with Crippen molar-refractivity contribution >= 4 is 26.5 Å². The number of hydrogen-bond acceptors (Lipinski definition) is 5. The molecule has 2 N–H and O–H groups in total. The third-order valence-electron chi connectivity index (χ3n) is 4.33. The Labute approximate surface area is 165 Å². The van der Waals surface area contributed by atoms with E-state index < -0.39 is 20.7 Å². The van der Waals surface area contributed by atoms with Crippen LogP contribution in [0.2, 0.25) is 13.1 Å². The first kappa shape index (κ1) is 21.7. The number of rotatable bonds is 4. The van der Waals surface area contributed by atoms with E-state index in [-0.39, 0.29) is 11.5 Å². The van der Waals surface area contributed by atoms with Crippen molar-refractivity contribution in [2.75, 3.05) is 17.2 Å². The van der Waals surface area contributed by atoms with Gasteiger partial charge in [0.1, 0.15) is 5.60 Å². The Hall–Kier alpha value is -1.60. The summed E-state index contributed by atoms with van der Waals surface area (Å²) in [4.78, 5) is 16.5. The van der Waals surface area contributed by atoms with E-state index in [9.17, 15) is 4.79 Å². The highest BCUT2D eigenvalue weighted by atomic mass is 28.3. The molecule has 0 fully saturated rings. The number of hydrogen-bond donors (Lipinski definition) is 2. The Morgan fingerprint density at radius 1 is 1.30 bits per heavy atom. The lowest BCUT2D eigenvalue weighted by Gasteiger charge is -2.40. The summed E-state index contributed by atoms with van der Waals surface area (Å²) in [5.41, 5.74) is 2.17. The van der Waals surface area contributed by atoms with Crippen LogP contribution < -0.4 is 10.6 Å². The van der Waals surface area contributed by atoms with Gasteiger partial charge in [0.05, 0.1) is 29.4 Å². The van der Waals surface area contributed by atoms with Gasteiger partial charge in [-0.3, -0.25) is 10.3 Å². The number of carbonyl (C=O) groups excluding carboxylic acids is 1. The fourth-order valence-electron chi connectivity index (χ4n) is 3.39. The van der Waals surface area contributed by atoms with Crippen LogP contribution in [-0.2, 0) is 15.6 Å². The van der Waals surface area contributed by atoms with Crippen LogP contribution in [0.3, 0.4) is 0 Å². The molecule has 6 nitrogen and oxygen atoms in total. The van der Waals surface area contributed by atoms with Crippen LogP contribution in [0.5, 0.6) is 0 Å². The maximum Gasteiger partial charge on any atom is 0.412 e. The fourth-order valence-corrected chi connectivity index (χ4v) is 4.61. The van der Waals surface area contributed by atoms with Crippen molar-refractivity contribution in [1.82, 2.24) is 4.98 Å². The van der Waals surface area contributed by atoms with Crippen molar-refractivity contribution in [3.63, 3.8) is 0 Å². The van der Waals surface area contributed by atoms with Gasteiger partial charge in [-0.2, -0.15) is 0 Å². The molecule has 27 heavy (non-hydrogen) atoms. The molecule has 1 aromatic rings. The molecule has 1 aliphatic heterocycles. The third-order valence-corrected chi connectivity index (χ3v) is 5.16. The molecule has 1 aliphatic rings. The quantitative estimate of drug-likeness (QED) is 0.741. The van der Waals surface area contributed by atoms with E-state index in [1.807, 2.05) is 26.8 Å². The van der Waals surface area contributed by atoms with Gasteiger partial charge in [0, 0.05) is 12.5 Å². The van der Waals surface area contributed by atoms with Gasteiger partial charge >= 0.3 is 6.09 Å². The predicted octanol–water partition coefficient (Wildman–Crippen LogP) is 4.43. The largest absolute Gasteiger partial charge is 0.444 e. The Morgan fingerprint density at radius 2 is 1.96 bits per heavy atom. The normalized spacial score (nSPS) is 18.5. The van der Waals surface area contributed by atoms with E-state index in [2.05, 4.69) is 49.5 Å². The Kier molecular flexibility index (Phi) is 6.58. The molecular formula is C20H35N3O3Si. The van der Waals surface area contributed by atoms with E-state index in [0.717, 1.165) is 24.3 Å². The van der Waals surface area contributed by atoms with Crippen molar-refractivity contribution in [3.05, 3.63) is 18.0 Å². The average molecular weight is 394 g/mol. The van der Waals surface area contributed by atoms with Crippen LogP contribution in [0, 0.1) is 11.3 Å². The molecule has 2 unspecified atom stereocenters. The zero-order valence-electron chi connectivity index (χ0n) is 18.0. The van der Waals surface area contributed by atoms with Gasteiger partial charge in [0.25, 0.3) is 0 Å². The molecule has 0 spiro atoms. The standard InChI is InChI=1S/C20H35N3O3Si/c1-19(2,3)17(26-27(7)8)13-9-15-16(21-11-13)10-14(12-22-15)23-18(24)25-20(4,5)6/h10,12-13,17,21,27H,9,11H2,1-8H3,(H,23,24). The Bertz CT molecular complexity index is 665. The minimum Gasteiger partial charge on any atom is -0.444 e. The molecule has 0 aromatic carbocycles. The average Bonchev–Trinajstić information content (AvgIpc) is 2.49. The highest BCUT2D eigenvalue weighted by Crippen LogP contribution is 2.35. The van der Waals surface area contributed by atoms with Crippen molar-refractivity contribution in [3.8, 4) is 0 Å². The summed E-state index contributed by atoms with van der Waals surface area (Å²) in [5.74, 6) is 0.379. The highest BCUT2D eigenvalue weighted by molar-refractivity contribution is 6.48. The lowest BCUT2D eigenvalue weighted by atomic mass is 9.78. The van der Waals surface area contributed by atoms with Crippen LogP contribution in [-0.4, -0.2) is 38.4 Å². The van der Waals surface area contributed by atoms with E-state index in [1.54, 1.807) is 6.20 Å². The smallest absolute Gasteiger partial charge is 0.412 e. The molecule has 7 heteroatoms. The summed E-state index contributed by atoms with van der Waals surface area (Å²) in [6, 6.07) is 1.92. The number of aromatic nitrogens is 1. The van der Waals surface area contributed by atoms with Gasteiger partial charge in [0.2, 0.25) is 0 Å². The molecule has 1 aromatic heterocycles. The molecule has 0 aliphatic carbocycles. The topological polar surface area (TPSA) is 72.5 Å². The zero-order chi connectivity index (χ0) is 20.4. The number of ether oxygens (including phenoxy) is 1. The lowest BCUT2D eigenvalue weighted by Crippen LogP contribution is -2.44. The number of carbonyl (C=O) groups is 1. The molecule has 2 atom stereocenters. The maximum absolute atomic E-state index is 12.0. The fraction of sp³-hybridized carbons (Fsp3) is 0.700. The second kappa shape index (κ2) is 8.18. The molecule has 0 saturated heterocycles. The first-order chi connectivity index (χ1) is 12.3. The summed E-state index contributed by atoms with van der Waals surface area (Å²) in [6.45, 7) is 17.5. The molecule has 1 amide bonds. The minimum atomic E-state index is -1.14. The van der Waals surface area contributed by atoms with E-state index >= 15 is 0 Å².